The van der Waals surface area contributed by atoms with Crippen LogP contribution in [0.15, 0.2) is 18.2 Å². The van der Waals surface area contributed by atoms with Gasteiger partial charge in [0.05, 0.1) is 18.7 Å². The van der Waals surface area contributed by atoms with E-state index in [1.807, 2.05) is 23.1 Å². The van der Waals surface area contributed by atoms with Crippen molar-refractivity contribution in [2.75, 3.05) is 46.4 Å². The monoisotopic (exact) mass is 354 g/mol. The lowest BCUT2D eigenvalue weighted by Crippen LogP contribution is -2.49. The van der Waals surface area contributed by atoms with E-state index in [0.717, 1.165) is 28.9 Å². The highest BCUT2D eigenvalue weighted by molar-refractivity contribution is 7.21. The number of carbonyl (C=O) groups excluding carboxylic acids is 1. The molecule has 1 fully saturated rings. The molecule has 0 aliphatic carbocycles. The summed E-state index contributed by atoms with van der Waals surface area (Å²) in [6.07, 6.45) is 0. The number of thiophene rings is 1. The Morgan fingerprint density at radius 1 is 1.35 bits per heavy atom. The van der Waals surface area contributed by atoms with Gasteiger partial charge in [0.1, 0.15) is 10.6 Å². The summed E-state index contributed by atoms with van der Waals surface area (Å²) in [5.41, 5.74) is 0. The SMILES string of the molecule is COc1ccc2sc(C(=O)N3CCN(CCO)CC3)c(Cl)c2c1. The summed E-state index contributed by atoms with van der Waals surface area (Å²) >= 11 is 7.87. The summed E-state index contributed by atoms with van der Waals surface area (Å²) in [7, 11) is 1.61. The van der Waals surface area contributed by atoms with Crippen LogP contribution < -0.4 is 4.74 Å². The predicted octanol–water partition coefficient (Wildman–Crippen LogP) is 2.31. The van der Waals surface area contributed by atoms with Crippen molar-refractivity contribution in [1.82, 2.24) is 9.80 Å². The molecule has 1 aliphatic rings. The van der Waals surface area contributed by atoms with Gasteiger partial charge in [-0.15, -0.1) is 11.3 Å². The Kier molecular flexibility index (Phi) is 5.06. The lowest BCUT2D eigenvalue weighted by molar-refractivity contribution is 0.0620. The second kappa shape index (κ2) is 7.05. The highest BCUT2D eigenvalue weighted by Gasteiger charge is 2.26. The lowest BCUT2D eigenvalue weighted by Gasteiger charge is -2.34. The molecule has 1 aromatic carbocycles. The Morgan fingerprint density at radius 2 is 2.09 bits per heavy atom. The molecule has 1 amide bonds. The first-order valence-corrected chi connectivity index (χ1v) is 8.72. The molecule has 3 rings (SSSR count). The second-order valence-electron chi connectivity index (χ2n) is 5.46. The van der Waals surface area contributed by atoms with Crippen LogP contribution in [0.4, 0.5) is 0 Å². The van der Waals surface area contributed by atoms with Crippen LogP contribution in [-0.4, -0.2) is 67.3 Å². The first-order valence-electron chi connectivity index (χ1n) is 7.52. The van der Waals surface area contributed by atoms with E-state index in [9.17, 15) is 4.79 Å². The molecular weight excluding hydrogens is 336 g/mol. The zero-order valence-corrected chi connectivity index (χ0v) is 14.5. The number of benzene rings is 1. The summed E-state index contributed by atoms with van der Waals surface area (Å²) in [4.78, 5) is 17.3. The van der Waals surface area contributed by atoms with E-state index >= 15 is 0 Å². The van der Waals surface area contributed by atoms with E-state index in [2.05, 4.69) is 4.90 Å². The average Bonchev–Trinajstić information content (AvgIpc) is 2.91. The third-order valence-electron chi connectivity index (χ3n) is 4.10. The number of ether oxygens (including phenoxy) is 1. The molecule has 1 N–H and O–H groups in total. The summed E-state index contributed by atoms with van der Waals surface area (Å²) in [5, 5.41) is 10.3. The van der Waals surface area contributed by atoms with Crippen molar-refractivity contribution in [1.29, 1.82) is 0 Å². The molecule has 124 valence electrons. The summed E-state index contributed by atoms with van der Waals surface area (Å²) in [5.74, 6) is 0.715. The maximum absolute atomic E-state index is 12.8. The number of halogens is 1. The predicted molar refractivity (Wildman–Crippen MR) is 92.8 cm³/mol. The standard InChI is InChI=1S/C16H19ClN2O3S/c1-22-11-2-3-13-12(10-11)14(17)15(23-13)16(21)19-6-4-18(5-7-19)8-9-20/h2-3,10,20H,4-9H2,1H3. The normalized spacial score (nSPS) is 16.0. The summed E-state index contributed by atoms with van der Waals surface area (Å²) < 4.78 is 6.21. The van der Waals surface area contributed by atoms with E-state index in [0.29, 0.717) is 29.5 Å². The molecule has 0 radical (unpaired) electrons. The smallest absolute Gasteiger partial charge is 0.265 e. The largest absolute Gasteiger partial charge is 0.497 e. The fourth-order valence-corrected chi connectivity index (χ4v) is 4.22. The number of hydrogen-bond acceptors (Lipinski definition) is 5. The molecule has 7 heteroatoms. The molecular formula is C16H19ClN2O3S. The van der Waals surface area contributed by atoms with Crippen molar-refractivity contribution in [2.24, 2.45) is 0 Å². The van der Waals surface area contributed by atoms with E-state index < -0.39 is 0 Å². The molecule has 0 atom stereocenters. The van der Waals surface area contributed by atoms with Gasteiger partial charge in [-0.3, -0.25) is 9.69 Å². The van der Waals surface area contributed by atoms with Gasteiger partial charge in [-0.25, -0.2) is 0 Å². The number of aliphatic hydroxyl groups is 1. The minimum absolute atomic E-state index is 0.0150. The van der Waals surface area contributed by atoms with Crippen LogP contribution in [0, 0.1) is 0 Å². The molecule has 1 aliphatic heterocycles. The average molecular weight is 355 g/mol. The van der Waals surface area contributed by atoms with Gasteiger partial charge >= 0.3 is 0 Å². The van der Waals surface area contributed by atoms with Gasteiger partial charge in [0.15, 0.2) is 0 Å². The van der Waals surface area contributed by atoms with Crippen LogP contribution >= 0.6 is 22.9 Å². The Morgan fingerprint density at radius 3 is 2.74 bits per heavy atom. The maximum atomic E-state index is 12.8. The van der Waals surface area contributed by atoms with Gasteiger partial charge in [0.2, 0.25) is 0 Å². The third-order valence-corrected chi connectivity index (χ3v) is 5.77. The van der Waals surface area contributed by atoms with Crippen LogP contribution in [0.1, 0.15) is 9.67 Å². The number of carbonyl (C=O) groups is 1. The molecule has 1 aromatic heterocycles. The summed E-state index contributed by atoms with van der Waals surface area (Å²) in [6.45, 7) is 3.69. The number of amides is 1. The molecule has 5 nitrogen and oxygen atoms in total. The van der Waals surface area contributed by atoms with Crippen LogP contribution in [0.5, 0.6) is 5.75 Å². The number of methoxy groups -OCH3 is 1. The highest BCUT2D eigenvalue weighted by atomic mass is 35.5. The van der Waals surface area contributed by atoms with Gasteiger partial charge < -0.3 is 14.7 Å². The van der Waals surface area contributed by atoms with Crippen molar-refractivity contribution in [3.63, 3.8) is 0 Å². The minimum Gasteiger partial charge on any atom is -0.497 e. The fourth-order valence-electron chi connectivity index (χ4n) is 2.77. The molecule has 0 bridgehead atoms. The number of β-amino-alcohol motifs (C(OH)–C–C–N with tert-alkyl or cyclic N) is 1. The number of nitrogens with zero attached hydrogens (tertiary/aromatic N) is 2. The minimum atomic E-state index is -0.0150. The maximum Gasteiger partial charge on any atom is 0.265 e. The van der Waals surface area contributed by atoms with Gasteiger partial charge in [-0.2, -0.15) is 0 Å². The van der Waals surface area contributed by atoms with Gasteiger partial charge in [0, 0.05) is 42.8 Å². The Hall–Kier alpha value is -1.34. The molecule has 0 saturated carbocycles. The Labute approximate surface area is 144 Å². The van der Waals surface area contributed by atoms with Gasteiger partial charge in [-0.1, -0.05) is 11.6 Å². The molecule has 0 unspecified atom stereocenters. The van der Waals surface area contributed by atoms with Crippen molar-refractivity contribution in [2.45, 2.75) is 0 Å². The molecule has 23 heavy (non-hydrogen) atoms. The van der Waals surface area contributed by atoms with E-state index in [1.165, 1.54) is 11.3 Å². The van der Waals surface area contributed by atoms with E-state index in [1.54, 1.807) is 7.11 Å². The van der Waals surface area contributed by atoms with Crippen LogP contribution in [0.2, 0.25) is 5.02 Å². The number of rotatable bonds is 4. The van der Waals surface area contributed by atoms with Crippen LogP contribution in [0.3, 0.4) is 0 Å². The first kappa shape index (κ1) is 16.5. The summed E-state index contributed by atoms with van der Waals surface area (Å²) in [6, 6.07) is 5.67. The molecule has 2 aromatic rings. The zero-order valence-electron chi connectivity index (χ0n) is 12.9. The van der Waals surface area contributed by atoms with Crippen molar-refractivity contribution in [3.05, 3.63) is 28.1 Å². The Balaban J connectivity index is 1.80. The zero-order chi connectivity index (χ0) is 16.4. The van der Waals surface area contributed by atoms with Crippen LogP contribution in [0.25, 0.3) is 10.1 Å². The molecule has 0 spiro atoms. The lowest BCUT2D eigenvalue weighted by atomic mass is 10.2. The van der Waals surface area contributed by atoms with Crippen molar-refractivity contribution < 1.29 is 14.6 Å². The van der Waals surface area contributed by atoms with Crippen LogP contribution in [-0.2, 0) is 0 Å². The van der Waals surface area contributed by atoms with Gasteiger partial charge in [-0.05, 0) is 18.2 Å². The number of fused-ring (bicyclic) bond motifs is 1. The number of aliphatic hydroxyl groups excluding tert-OH is 1. The molecule has 1 saturated heterocycles. The fraction of sp³-hybridized carbons (Fsp3) is 0.438. The third kappa shape index (κ3) is 3.30. The number of hydrogen-bond donors (Lipinski definition) is 1. The quantitative estimate of drug-likeness (QED) is 0.915. The Bertz CT molecular complexity index is 711. The molecule has 2 heterocycles. The van der Waals surface area contributed by atoms with Crippen molar-refractivity contribution >= 4 is 38.9 Å². The second-order valence-corrected chi connectivity index (χ2v) is 6.89. The van der Waals surface area contributed by atoms with E-state index in [4.69, 9.17) is 21.4 Å². The van der Waals surface area contributed by atoms with Gasteiger partial charge in [0.25, 0.3) is 5.91 Å². The van der Waals surface area contributed by atoms with Crippen molar-refractivity contribution in [3.8, 4) is 5.75 Å². The van der Waals surface area contributed by atoms with E-state index in [-0.39, 0.29) is 12.5 Å². The highest BCUT2D eigenvalue weighted by Crippen LogP contribution is 2.38. The first-order chi connectivity index (χ1) is 11.1. The topological polar surface area (TPSA) is 53.0 Å². The number of piperazine rings is 1.